The summed E-state index contributed by atoms with van der Waals surface area (Å²) in [6.45, 7) is 6.50. The highest BCUT2D eigenvalue weighted by Gasteiger charge is 2.27. The normalized spacial score (nSPS) is 20.1. The van der Waals surface area contributed by atoms with Crippen LogP contribution in [-0.4, -0.2) is 44.5 Å². The number of likely N-dealkylation sites (tertiary alicyclic amines) is 1. The molecule has 1 fully saturated rings. The fourth-order valence-corrected chi connectivity index (χ4v) is 2.90. The molecule has 1 N–H and O–H groups in total. The molecular formula is C15H19N3O2. The first-order valence-electron chi connectivity index (χ1n) is 7.01. The van der Waals surface area contributed by atoms with Crippen molar-refractivity contribution in [2.45, 2.75) is 32.2 Å². The third-order valence-corrected chi connectivity index (χ3v) is 4.10. The van der Waals surface area contributed by atoms with E-state index >= 15 is 0 Å². The minimum atomic E-state index is -0.922. The van der Waals surface area contributed by atoms with E-state index in [4.69, 9.17) is 0 Å². The van der Waals surface area contributed by atoms with Crippen molar-refractivity contribution in [3.63, 3.8) is 0 Å². The second-order valence-corrected chi connectivity index (χ2v) is 5.68. The highest BCUT2D eigenvalue weighted by Crippen LogP contribution is 2.28. The van der Waals surface area contributed by atoms with Crippen LogP contribution in [0.3, 0.4) is 0 Å². The summed E-state index contributed by atoms with van der Waals surface area (Å²) in [5, 5.41) is 9.22. The van der Waals surface area contributed by atoms with E-state index in [1.54, 1.807) is 16.5 Å². The van der Waals surface area contributed by atoms with Crippen LogP contribution >= 0.6 is 0 Å². The average Bonchev–Trinajstić information content (AvgIpc) is 3.04. The van der Waals surface area contributed by atoms with Crippen LogP contribution in [0.5, 0.6) is 0 Å². The molecule has 1 aliphatic heterocycles. The van der Waals surface area contributed by atoms with Gasteiger partial charge in [0, 0.05) is 24.7 Å². The summed E-state index contributed by atoms with van der Waals surface area (Å²) in [5.74, 6) is -0.520. The molecule has 0 bridgehead atoms. The van der Waals surface area contributed by atoms with Crippen LogP contribution < -0.4 is 0 Å². The first-order chi connectivity index (χ1) is 9.56. The van der Waals surface area contributed by atoms with Crippen molar-refractivity contribution in [1.29, 1.82) is 0 Å². The third kappa shape index (κ3) is 2.18. The number of hydrogen-bond donors (Lipinski definition) is 1. The number of fused-ring (bicyclic) bond motifs is 1. The molecule has 3 rings (SSSR count). The summed E-state index contributed by atoms with van der Waals surface area (Å²) < 4.78 is 1.68. The van der Waals surface area contributed by atoms with Crippen LogP contribution in [0.15, 0.2) is 24.4 Å². The monoisotopic (exact) mass is 273 g/mol. The molecule has 106 valence electrons. The lowest BCUT2D eigenvalue weighted by Crippen LogP contribution is -2.27. The third-order valence-electron chi connectivity index (χ3n) is 4.10. The molecule has 20 heavy (non-hydrogen) atoms. The average molecular weight is 273 g/mol. The quantitative estimate of drug-likeness (QED) is 0.931. The molecule has 0 radical (unpaired) electrons. The molecule has 1 unspecified atom stereocenters. The minimum Gasteiger partial charge on any atom is -0.477 e. The highest BCUT2D eigenvalue weighted by molar-refractivity contribution is 5.86. The van der Waals surface area contributed by atoms with Crippen LogP contribution in [0.4, 0.5) is 0 Å². The van der Waals surface area contributed by atoms with E-state index in [9.17, 15) is 9.90 Å². The maximum atomic E-state index is 11.2. The topological polar surface area (TPSA) is 57.8 Å². The van der Waals surface area contributed by atoms with Gasteiger partial charge in [0.25, 0.3) is 0 Å². The maximum Gasteiger partial charge on any atom is 0.352 e. The Hall–Kier alpha value is -1.88. The summed E-state index contributed by atoms with van der Waals surface area (Å²) in [5.41, 5.74) is 1.98. The standard InChI is InChI=1S/C15H19N3O2/c1-10(2)17-7-6-11(8-17)12-9-18-13(15(19)20)4-3-5-14(18)16-12/h3-5,9-11H,6-8H2,1-2H3,(H,19,20). The SMILES string of the molecule is CC(C)N1CCC(c2cn3c(C(=O)O)cccc3n2)C1. The number of imidazole rings is 1. The lowest BCUT2D eigenvalue weighted by molar-refractivity contribution is 0.0689. The number of hydrogen-bond acceptors (Lipinski definition) is 3. The van der Waals surface area contributed by atoms with Crippen LogP contribution in [0, 0.1) is 0 Å². The van der Waals surface area contributed by atoms with Crippen molar-refractivity contribution in [3.05, 3.63) is 35.8 Å². The Morgan fingerprint density at radius 3 is 2.90 bits per heavy atom. The zero-order chi connectivity index (χ0) is 14.3. The Morgan fingerprint density at radius 2 is 2.25 bits per heavy atom. The summed E-state index contributed by atoms with van der Waals surface area (Å²) in [4.78, 5) is 18.3. The van der Waals surface area contributed by atoms with E-state index in [0.717, 1.165) is 25.2 Å². The number of aromatic nitrogens is 2. The smallest absolute Gasteiger partial charge is 0.352 e. The fraction of sp³-hybridized carbons (Fsp3) is 0.467. The Kier molecular flexibility index (Phi) is 3.22. The second-order valence-electron chi connectivity index (χ2n) is 5.68. The molecule has 1 saturated heterocycles. The van der Waals surface area contributed by atoms with Gasteiger partial charge in [-0.25, -0.2) is 9.78 Å². The molecule has 5 heteroatoms. The van der Waals surface area contributed by atoms with Crippen molar-refractivity contribution in [1.82, 2.24) is 14.3 Å². The summed E-state index contributed by atoms with van der Waals surface area (Å²) in [6.07, 6.45) is 2.97. The molecule has 5 nitrogen and oxygen atoms in total. The molecule has 0 saturated carbocycles. The molecule has 0 amide bonds. The molecule has 0 aliphatic carbocycles. The van der Waals surface area contributed by atoms with Crippen molar-refractivity contribution in [3.8, 4) is 0 Å². The van der Waals surface area contributed by atoms with Gasteiger partial charge < -0.3 is 10.0 Å². The van der Waals surface area contributed by atoms with Crippen LogP contribution in [0.25, 0.3) is 5.65 Å². The number of carboxylic acid groups (broad SMARTS) is 1. The lowest BCUT2D eigenvalue weighted by atomic mass is 10.1. The van der Waals surface area contributed by atoms with Crippen molar-refractivity contribution in [2.24, 2.45) is 0 Å². The van der Waals surface area contributed by atoms with Gasteiger partial charge in [-0.1, -0.05) is 6.07 Å². The Morgan fingerprint density at radius 1 is 1.45 bits per heavy atom. The first-order valence-corrected chi connectivity index (χ1v) is 7.01. The van der Waals surface area contributed by atoms with E-state index in [2.05, 4.69) is 23.7 Å². The number of aromatic carboxylic acids is 1. The van der Waals surface area contributed by atoms with Crippen molar-refractivity contribution < 1.29 is 9.90 Å². The molecule has 2 aromatic heterocycles. The van der Waals surface area contributed by atoms with Gasteiger partial charge in [-0.15, -0.1) is 0 Å². The number of carbonyl (C=O) groups is 1. The zero-order valence-electron chi connectivity index (χ0n) is 11.8. The predicted molar refractivity (Wildman–Crippen MR) is 76.2 cm³/mol. The molecule has 3 heterocycles. The van der Waals surface area contributed by atoms with Gasteiger partial charge in [0.1, 0.15) is 11.3 Å². The predicted octanol–water partition coefficient (Wildman–Crippen LogP) is 2.23. The van der Waals surface area contributed by atoms with Crippen molar-refractivity contribution >= 4 is 11.6 Å². The Balaban J connectivity index is 1.94. The van der Waals surface area contributed by atoms with Gasteiger partial charge in [0.15, 0.2) is 0 Å². The van der Waals surface area contributed by atoms with E-state index in [0.29, 0.717) is 17.6 Å². The van der Waals surface area contributed by atoms with Gasteiger partial charge in [0.2, 0.25) is 0 Å². The van der Waals surface area contributed by atoms with Gasteiger partial charge in [-0.05, 0) is 38.9 Å². The molecule has 1 aliphatic rings. The summed E-state index contributed by atoms with van der Waals surface area (Å²) >= 11 is 0. The molecule has 1 atom stereocenters. The maximum absolute atomic E-state index is 11.2. The van der Waals surface area contributed by atoms with Crippen molar-refractivity contribution in [2.75, 3.05) is 13.1 Å². The highest BCUT2D eigenvalue weighted by atomic mass is 16.4. The molecular weight excluding hydrogens is 254 g/mol. The number of nitrogens with zero attached hydrogens (tertiary/aromatic N) is 3. The summed E-state index contributed by atoms with van der Waals surface area (Å²) in [7, 11) is 0. The van der Waals surface area contributed by atoms with Crippen LogP contribution in [0.2, 0.25) is 0 Å². The van der Waals surface area contributed by atoms with Crippen LogP contribution in [-0.2, 0) is 0 Å². The zero-order valence-corrected chi connectivity index (χ0v) is 11.8. The van der Waals surface area contributed by atoms with Gasteiger partial charge in [-0.2, -0.15) is 0 Å². The van der Waals surface area contributed by atoms with Gasteiger partial charge in [-0.3, -0.25) is 4.40 Å². The lowest BCUT2D eigenvalue weighted by Gasteiger charge is -2.19. The second kappa shape index (κ2) is 4.90. The number of pyridine rings is 1. The Labute approximate surface area is 117 Å². The van der Waals surface area contributed by atoms with E-state index in [1.165, 1.54) is 0 Å². The van der Waals surface area contributed by atoms with E-state index in [-0.39, 0.29) is 5.69 Å². The van der Waals surface area contributed by atoms with Gasteiger partial charge >= 0.3 is 5.97 Å². The Bertz CT molecular complexity index is 648. The molecule has 2 aromatic rings. The van der Waals surface area contributed by atoms with Crippen LogP contribution in [0.1, 0.15) is 42.4 Å². The largest absolute Gasteiger partial charge is 0.477 e. The number of carboxylic acids is 1. The fourth-order valence-electron chi connectivity index (χ4n) is 2.90. The van der Waals surface area contributed by atoms with E-state index in [1.807, 2.05) is 12.3 Å². The van der Waals surface area contributed by atoms with E-state index < -0.39 is 5.97 Å². The minimum absolute atomic E-state index is 0.264. The summed E-state index contributed by atoms with van der Waals surface area (Å²) in [6, 6.07) is 5.75. The molecule has 0 aromatic carbocycles. The number of rotatable bonds is 3. The molecule has 0 spiro atoms. The van der Waals surface area contributed by atoms with Gasteiger partial charge in [0.05, 0.1) is 5.69 Å². The first kappa shape index (κ1) is 13.1.